The van der Waals surface area contributed by atoms with E-state index in [4.69, 9.17) is 10.5 Å². The normalized spacial score (nSPS) is 17.9. The van der Waals surface area contributed by atoms with Gasteiger partial charge in [-0.3, -0.25) is 4.79 Å². The predicted octanol–water partition coefficient (Wildman–Crippen LogP) is 3.33. The zero-order valence-corrected chi connectivity index (χ0v) is 18.2. The molecule has 170 valence electrons. The smallest absolute Gasteiger partial charge is 0.246 e. The molecule has 4 rings (SSSR count). The number of amides is 1. The van der Waals surface area contributed by atoms with Gasteiger partial charge in [0.05, 0.1) is 11.7 Å². The maximum absolute atomic E-state index is 11.8. The van der Waals surface area contributed by atoms with Gasteiger partial charge in [0.15, 0.2) is 0 Å². The second kappa shape index (κ2) is 10.1. The number of β-amino-alcohol motifs (C(OH)–C–C–N with tert-alkyl or cyclic N) is 1. The van der Waals surface area contributed by atoms with Gasteiger partial charge in [-0.05, 0) is 42.3 Å². The Morgan fingerprint density at radius 2 is 1.91 bits per heavy atom. The minimum absolute atomic E-state index is 0.0236. The first-order valence-corrected chi connectivity index (χ1v) is 10.8. The standard InChI is InChI=1S/C25H27N5O3/c1-2-22(32)30-13-12-18(21(31)15-30)14-27-25-23(24(26)28-16-29-25)17-8-10-20(11-9-17)33-19-6-4-3-5-7-19/h2-11,16,18,21,31H,1,12-15H2,(H3,26,27,28,29). The highest BCUT2D eigenvalue weighted by atomic mass is 16.5. The lowest BCUT2D eigenvalue weighted by atomic mass is 9.93. The molecule has 1 fully saturated rings. The maximum atomic E-state index is 11.8. The number of para-hydroxylation sites is 1. The lowest BCUT2D eigenvalue weighted by Gasteiger charge is -2.35. The molecule has 0 saturated carbocycles. The number of nitrogen functional groups attached to an aromatic ring is 1. The minimum atomic E-state index is -0.632. The van der Waals surface area contributed by atoms with Crippen LogP contribution in [-0.4, -0.2) is 51.6 Å². The van der Waals surface area contributed by atoms with Crippen molar-refractivity contribution in [2.75, 3.05) is 30.7 Å². The van der Waals surface area contributed by atoms with Gasteiger partial charge in [-0.1, -0.05) is 36.9 Å². The predicted molar refractivity (Wildman–Crippen MR) is 128 cm³/mol. The largest absolute Gasteiger partial charge is 0.457 e. The zero-order chi connectivity index (χ0) is 23.2. The SMILES string of the molecule is C=CC(=O)N1CCC(CNc2ncnc(N)c2-c2ccc(Oc3ccccc3)cc2)C(O)C1. The molecular weight excluding hydrogens is 418 g/mol. The number of anilines is 2. The van der Waals surface area contributed by atoms with Gasteiger partial charge < -0.3 is 25.8 Å². The number of carbonyl (C=O) groups excluding carboxylic acids is 1. The third-order valence-electron chi connectivity index (χ3n) is 5.74. The number of ether oxygens (including phenoxy) is 1. The zero-order valence-electron chi connectivity index (χ0n) is 18.2. The molecule has 1 saturated heterocycles. The highest BCUT2D eigenvalue weighted by Gasteiger charge is 2.29. The fourth-order valence-electron chi connectivity index (χ4n) is 3.91. The Morgan fingerprint density at radius 1 is 1.18 bits per heavy atom. The van der Waals surface area contributed by atoms with Crippen LogP contribution in [0.25, 0.3) is 11.1 Å². The van der Waals surface area contributed by atoms with Crippen LogP contribution in [0.3, 0.4) is 0 Å². The van der Waals surface area contributed by atoms with E-state index in [0.29, 0.717) is 49.0 Å². The maximum Gasteiger partial charge on any atom is 0.246 e. The molecule has 33 heavy (non-hydrogen) atoms. The van der Waals surface area contributed by atoms with Crippen LogP contribution in [0.2, 0.25) is 0 Å². The van der Waals surface area contributed by atoms with E-state index in [9.17, 15) is 9.90 Å². The van der Waals surface area contributed by atoms with Crippen LogP contribution in [0.15, 0.2) is 73.6 Å². The quantitative estimate of drug-likeness (QED) is 0.478. The number of nitrogens with zero attached hydrogens (tertiary/aromatic N) is 3. The molecule has 0 aliphatic carbocycles. The fourth-order valence-corrected chi connectivity index (χ4v) is 3.91. The van der Waals surface area contributed by atoms with E-state index in [0.717, 1.165) is 11.3 Å². The average Bonchev–Trinajstić information content (AvgIpc) is 2.84. The third-order valence-corrected chi connectivity index (χ3v) is 5.74. The van der Waals surface area contributed by atoms with Crippen molar-refractivity contribution in [1.29, 1.82) is 0 Å². The van der Waals surface area contributed by atoms with Crippen molar-refractivity contribution >= 4 is 17.5 Å². The summed E-state index contributed by atoms with van der Waals surface area (Å²) < 4.78 is 5.86. The topological polar surface area (TPSA) is 114 Å². The minimum Gasteiger partial charge on any atom is -0.457 e. The summed E-state index contributed by atoms with van der Waals surface area (Å²) in [5, 5.41) is 13.8. The molecule has 1 aliphatic rings. The van der Waals surface area contributed by atoms with Gasteiger partial charge in [0.25, 0.3) is 0 Å². The number of rotatable bonds is 7. The van der Waals surface area contributed by atoms with Crippen molar-refractivity contribution in [3.05, 3.63) is 73.6 Å². The average molecular weight is 446 g/mol. The van der Waals surface area contributed by atoms with Crippen LogP contribution < -0.4 is 15.8 Å². The van der Waals surface area contributed by atoms with Crippen LogP contribution in [-0.2, 0) is 4.79 Å². The molecule has 1 aliphatic heterocycles. The first kappa shape index (κ1) is 22.3. The second-order valence-electron chi connectivity index (χ2n) is 7.91. The van der Waals surface area contributed by atoms with Crippen molar-refractivity contribution < 1.29 is 14.6 Å². The molecule has 2 atom stereocenters. The first-order chi connectivity index (χ1) is 16.0. The number of nitrogens with two attached hydrogens (primary N) is 1. The van der Waals surface area contributed by atoms with Gasteiger partial charge >= 0.3 is 0 Å². The molecule has 4 N–H and O–H groups in total. The number of hydrogen-bond donors (Lipinski definition) is 3. The number of carbonyl (C=O) groups is 1. The van der Waals surface area contributed by atoms with Gasteiger partial charge in [0.1, 0.15) is 29.5 Å². The highest BCUT2D eigenvalue weighted by molar-refractivity contribution is 5.87. The molecule has 0 radical (unpaired) electrons. The number of nitrogens with one attached hydrogen (secondary N) is 1. The van der Waals surface area contributed by atoms with Crippen molar-refractivity contribution in [3.63, 3.8) is 0 Å². The van der Waals surface area contributed by atoms with Gasteiger partial charge in [-0.15, -0.1) is 0 Å². The Balaban J connectivity index is 1.45. The molecule has 3 aromatic rings. The van der Waals surface area contributed by atoms with Crippen LogP contribution >= 0.6 is 0 Å². The Hall–Kier alpha value is -3.91. The number of benzene rings is 2. The lowest BCUT2D eigenvalue weighted by molar-refractivity contribution is -0.130. The molecule has 8 nitrogen and oxygen atoms in total. The van der Waals surface area contributed by atoms with Crippen molar-refractivity contribution in [1.82, 2.24) is 14.9 Å². The second-order valence-corrected chi connectivity index (χ2v) is 7.91. The molecule has 0 bridgehead atoms. The number of aromatic nitrogens is 2. The van der Waals surface area contributed by atoms with E-state index in [2.05, 4.69) is 21.9 Å². The summed E-state index contributed by atoms with van der Waals surface area (Å²) in [5.41, 5.74) is 7.73. The van der Waals surface area contributed by atoms with Gasteiger partial charge in [-0.2, -0.15) is 0 Å². The molecular formula is C25H27N5O3. The van der Waals surface area contributed by atoms with E-state index >= 15 is 0 Å². The number of aliphatic hydroxyl groups is 1. The van der Waals surface area contributed by atoms with Gasteiger partial charge in [0, 0.05) is 25.6 Å². The Labute approximate surface area is 192 Å². The van der Waals surface area contributed by atoms with Crippen molar-refractivity contribution in [2.24, 2.45) is 5.92 Å². The van der Waals surface area contributed by atoms with E-state index in [1.165, 1.54) is 12.4 Å². The number of piperidine rings is 1. The van der Waals surface area contributed by atoms with E-state index in [-0.39, 0.29) is 11.8 Å². The molecule has 1 amide bonds. The van der Waals surface area contributed by atoms with Crippen molar-refractivity contribution in [2.45, 2.75) is 12.5 Å². The third kappa shape index (κ3) is 5.30. The first-order valence-electron chi connectivity index (χ1n) is 10.8. The summed E-state index contributed by atoms with van der Waals surface area (Å²) in [6, 6.07) is 17.1. The summed E-state index contributed by atoms with van der Waals surface area (Å²) in [7, 11) is 0. The van der Waals surface area contributed by atoms with Gasteiger partial charge in [-0.25, -0.2) is 9.97 Å². The Bertz CT molecular complexity index is 1100. The van der Waals surface area contributed by atoms with Crippen molar-refractivity contribution in [3.8, 4) is 22.6 Å². The monoisotopic (exact) mass is 445 g/mol. The molecule has 1 aromatic heterocycles. The fraction of sp³-hybridized carbons (Fsp3) is 0.240. The van der Waals surface area contributed by atoms with Crippen LogP contribution in [0.5, 0.6) is 11.5 Å². The molecule has 2 unspecified atom stereocenters. The summed E-state index contributed by atoms with van der Waals surface area (Å²) in [6.07, 6.45) is 2.73. The molecule has 8 heteroatoms. The summed E-state index contributed by atoms with van der Waals surface area (Å²) in [6.45, 7) is 4.88. The summed E-state index contributed by atoms with van der Waals surface area (Å²) in [5.74, 6) is 2.23. The lowest BCUT2D eigenvalue weighted by Crippen LogP contribution is -2.47. The summed E-state index contributed by atoms with van der Waals surface area (Å²) >= 11 is 0. The number of likely N-dealkylation sites (tertiary alicyclic amines) is 1. The van der Waals surface area contributed by atoms with E-state index in [1.54, 1.807) is 4.90 Å². The van der Waals surface area contributed by atoms with Crippen LogP contribution in [0, 0.1) is 5.92 Å². The van der Waals surface area contributed by atoms with E-state index in [1.807, 2.05) is 54.6 Å². The van der Waals surface area contributed by atoms with E-state index < -0.39 is 6.10 Å². The van der Waals surface area contributed by atoms with Crippen LogP contribution in [0.4, 0.5) is 11.6 Å². The Kier molecular flexibility index (Phi) is 6.85. The summed E-state index contributed by atoms with van der Waals surface area (Å²) in [4.78, 5) is 21.9. The molecule has 2 aromatic carbocycles. The molecule has 2 heterocycles. The number of aliphatic hydroxyl groups excluding tert-OH is 1. The molecule has 0 spiro atoms. The Morgan fingerprint density at radius 3 is 2.61 bits per heavy atom. The highest BCUT2D eigenvalue weighted by Crippen LogP contribution is 2.33. The van der Waals surface area contributed by atoms with Crippen LogP contribution in [0.1, 0.15) is 6.42 Å². The van der Waals surface area contributed by atoms with Gasteiger partial charge in [0.2, 0.25) is 5.91 Å². The number of hydrogen-bond acceptors (Lipinski definition) is 7.